The van der Waals surface area contributed by atoms with Crippen LogP contribution in [0.4, 0.5) is 0 Å². The summed E-state index contributed by atoms with van der Waals surface area (Å²) in [4.78, 5) is 12.5. The monoisotopic (exact) mass is 276 g/mol. The highest BCUT2D eigenvalue weighted by atomic mass is 32.1. The Bertz CT molecular complexity index is 485. The minimum atomic E-state index is 0.0185. The van der Waals surface area contributed by atoms with Crippen LogP contribution in [0, 0.1) is 0 Å². The van der Waals surface area contributed by atoms with Gasteiger partial charge in [0.25, 0.3) is 5.91 Å². The number of rotatable bonds is 6. The number of carbonyl (C=O) groups excluding carboxylic acids is 1. The summed E-state index contributed by atoms with van der Waals surface area (Å²) >= 11 is 4.81. The van der Waals surface area contributed by atoms with E-state index in [0.29, 0.717) is 11.5 Å². The molecule has 0 bridgehead atoms. The number of amides is 1. The topological polar surface area (TPSA) is 55.1 Å². The van der Waals surface area contributed by atoms with Gasteiger partial charge in [-0.25, -0.2) is 0 Å². The summed E-state index contributed by atoms with van der Waals surface area (Å²) < 4.78 is 0. The number of nitrogens with two attached hydrogens (primary N) is 1. The molecule has 0 atom stereocenters. The molecule has 0 fully saturated rings. The van der Waals surface area contributed by atoms with Crippen LogP contribution in [0.25, 0.3) is 0 Å². The largest absolute Gasteiger partial charge is 0.393 e. The van der Waals surface area contributed by atoms with Crippen LogP contribution in [0.15, 0.2) is 18.2 Å². The van der Waals surface area contributed by atoms with Gasteiger partial charge in [-0.1, -0.05) is 18.3 Å². The Kier molecular flexibility index (Phi) is 4.91. The van der Waals surface area contributed by atoms with Crippen LogP contribution in [0.2, 0.25) is 0 Å². The molecule has 0 unspecified atom stereocenters. The molecule has 4 heteroatoms. The standard InChI is InChI=1S/C15H20N2OS/c16-14(19)6-1-2-9-17-15(18)13-8-7-11-4-3-5-12(11)10-13/h7-8,10H,1-6,9H2,(H2,16,19)(H,17,18). The minimum Gasteiger partial charge on any atom is -0.393 e. The van der Waals surface area contributed by atoms with Gasteiger partial charge in [0.05, 0.1) is 4.99 Å². The first-order valence-electron chi connectivity index (χ1n) is 6.85. The molecule has 3 nitrogen and oxygen atoms in total. The van der Waals surface area contributed by atoms with Crippen molar-refractivity contribution in [1.82, 2.24) is 5.32 Å². The van der Waals surface area contributed by atoms with Crippen molar-refractivity contribution in [3.8, 4) is 0 Å². The van der Waals surface area contributed by atoms with Crippen LogP contribution in [0.3, 0.4) is 0 Å². The zero-order chi connectivity index (χ0) is 13.7. The normalized spacial score (nSPS) is 13.1. The fourth-order valence-corrected chi connectivity index (χ4v) is 2.59. The lowest BCUT2D eigenvalue weighted by Crippen LogP contribution is -2.24. The molecule has 3 N–H and O–H groups in total. The molecule has 19 heavy (non-hydrogen) atoms. The van der Waals surface area contributed by atoms with Gasteiger partial charge in [0.1, 0.15) is 0 Å². The van der Waals surface area contributed by atoms with E-state index in [0.717, 1.165) is 37.7 Å². The predicted molar refractivity (Wildman–Crippen MR) is 81.4 cm³/mol. The first kappa shape index (κ1) is 14.0. The smallest absolute Gasteiger partial charge is 0.251 e. The zero-order valence-electron chi connectivity index (χ0n) is 11.1. The molecule has 1 aromatic rings. The van der Waals surface area contributed by atoms with Gasteiger partial charge < -0.3 is 11.1 Å². The first-order chi connectivity index (χ1) is 9.16. The third kappa shape index (κ3) is 4.03. The highest BCUT2D eigenvalue weighted by Crippen LogP contribution is 2.22. The van der Waals surface area contributed by atoms with E-state index in [4.69, 9.17) is 18.0 Å². The fraction of sp³-hybridized carbons (Fsp3) is 0.467. The molecule has 1 aliphatic rings. The quantitative estimate of drug-likeness (QED) is 0.619. The summed E-state index contributed by atoms with van der Waals surface area (Å²) in [7, 11) is 0. The van der Waals surface area contributed by atoms with Gasteiger partial charge in [-0.15, -0.1) is 0 Å². The lowest BCUT2D eigenvalue weighted by Gasteiger charge is -2.07. The molecule has 1 aliphatic carbocycles. The van der Waals surface area contributed by atoms with Crippen LogP contribution < -0.4 is 11.1 Å². The average Bonchev–Trinajstić information content (AvgIpc) is 2.84. The van der Waals surface area contributed by atoms with Crippen molar-refractivity contribution in [2.24, 2.45) is 5.73 Å². The van der Waals surface area contributed by atoms with Crippen LogP contribution in [0.1, 0.15) is 47.2 Å². The molecule has 0 radical (unpaired) electrons. The number of hydrogen-bond acceptors (Lipinski definition) is 2. The lowest BCUT2D eigenvalue weighted by molar-refractivity contribution is 0.0953. The van der Waals surface area contributed by atoms with Gasteiger partial charge in [0.15, 0.2) is 0 Å². The number of nitrogens with one attached hydrogen (secondary N) is 1. The number of benzene rings is 1. The highest BCUT2D eigenvalue weighted by molar-refractivity contribution is 7.80. The fourth-order valence-electron chi connectivity index (χ4n) is 2.44. The maximum absolute atomic E-state index is 12.0. The van der Waals surface area contributed by atoms with E-state index in [1.54, 1.807) is 0 Å². The Hall–Kier alpha value is -1.42. The lowest BCUT2D eigenvalue weighted by atomic mass is 10.1. The number of unbranched alkanes of at least 4 members (excludes halogenated alkanes) is 1. The molecule has 0 aromatic heterocycles. The summed E-state index contributed by atoms with van der Waals surface area (Å²) in [5.41, 5.74) is 8.93. The van der Waals surface area contributed by atoms with Crippen molar-refractivity contribution in [1.29, 1.82) is 0 Å². The number of hydrogen-bond donors (Lipinski definition) is 2. The molecule has 0 heterocycles. The van der Waals surface area contributed by atoms with E-state index < -0.39 is 0 Å². The number of fused-ring (bicyclic) bond motifs is 1. The Morgan fingerprint density at radius 3 is 2.84 bits per heavy atom. The molecule has 102 valence electrons. The van der Waals surface area contributed by atoms with Crippen LogP contribution in [-0.2, 0) is 12.8 Å². The minimum absolute atomic E-state index is 0.0185. The number of aryl methyl sites for hydroxylation is 2. The van der Waals surface area contributed by atoms with Crippen molar-refractivity contribution in [3.63, 3.8) is 0 Å². The van der Waals surface area contributed by atoms with E-state index in [-0.39, 0.29) is 5.91 Å². The van der Waals surface area contributed by atoms with Crippen molar-refractivity contribution in [2.45, 2.75) is 38.5 Å². The molecule has 1 amide bonds. The molecular weight excluding hydrogens is 256 g/mol. The second-order valence-electron chi connectivity index (χ2n) is 5.02. The molecule has 0 saturated heterocycles. The summed E-state index contributed by atoms with van der Waals surface area (Å²) in [5.74, 6) is 0.0185. The van der Waals surface area contributed by atoms with Crippen molar-refractivity contribution in [3.05, 3.63) is 34.9 Å². The van der Waals surface area contributed by atoms with Crippen LogP contribution in [0.5, 0.6) is 0 Å². The maximum Gasteiger partial charge on any atom is 0.251 e. The Labute approximate surface area is 119 Å². The van der Waals surface area contributed by atoms with Crippen molar-refractivity contribution >= 4 is 23.1 Å². The Morgan fingerprint density at radius 2 is 2.05 bits per heavy atom. The van der Waals surface area contributed by atoms with Gasteiger partial charge in [0, 0.05) is 12.1 Å². The van der Waals surface area contributed by atoms with Crippen LogP contribution in [-0.4, -0.2) is 17.4 Å². The summed E-state index contributed by atoms with van der Waals surface area (Å²) in [6.45, 7) is 0.679. The molecular formula is C15H20N2OS. The molecule has 0 saturated carbocycles. The second-order valence-corrected chi connectivity index (χ2v) is 5.54. The number of thiocarbonyl (C=S) groups is 1. The summed E-state index contributed by atoms with van der Waals surface area (Å²) in [6, 6.07) is 6.05. The Morgan fingerprint density at radius 1 is 1.26 bits per heavy atom. The molecule has 0 aliphatic heterocycles. The second kappa shape index (κ2) is 6.66. The number of carbonyl (C=O) groups is 1. The van der Waals surface area contributed by atoms with E-state index in [2.05, 4.69) is 11.4 Å². The molecule has 0 spiro atoms. The third-order valence-corrected chi connectivity index (χ3v) is 3.70. The van der Waals surface area contributed by atoms with E-state index in [9.17, 15) is 4.79 Å². The Balaban J connectivity index is 1.78. The predicted octanol–water partition coefficient (Wildman–Crippen LogP) is 2.36. The van der Waals surface area contributed by atoms with Crippen molar-refractivity contribution < 1.29 is 4.79 Å². The van der Waals surface area contributed by atoms with E-state index in [1.807, 2.05) is 12.1 Å². The van der Waals surface area contributed by atoms with Gasteiger partial charge in [-0.3, -0.25) is 4.79 Å². The van der Waals surface area contributed by atoms with Gasteiger partial charge in [-0.05, 0) is 61.8 Å². The summed E-state index contributed by atoms with van der Waals surface area (Å²) in [6.07, 6.45) is 6.05. The third-order valence-electron chi connectivity index (χ3n) is 3.50. The van der Waals surface area contributed by atoms with Gasteiger partial charge >= 0.3 is 0 Å². The first-order valence-corrected chi connectivity index (χ1v) is 7.26. The zero-order valence-corrected chi connectivity index (χ0v) is 11.9. The van der Waals surface area contributed by atoms with Crippen molar-refractivity contribution in [2.75, 3.05) is 6.54 Å². The summed E-state index contributed by atoms with van der Waals surface area (Å²) in [5, 5.41) is 2.94. The van der Waals surface area contributed by atoms with E-state index in [1.165, 1.54) is 17.5 Å². The maximum atomic E-state index is 12.0. The highest BCUT2D eigenvalue weighted by Gasteiger charge is 2.13. The molecule has 2 rings (SSSR count). The van der Waals surface area contributed by atoms with Gasteiger partial charge in [-0.2, -0.15) is 0 Å². The SMILES string of the molecule is NC(=S)CCCCNC(=O)c1ccc2c(c1)CCC2. The van der Waals surface area contributed by atoms with E-state index >= 15 is 0 Å². The van der Waals surface area contributed by atoms with Gasteiger partial charge in [0.2, 0.25) is 0 Å². The van der Waals surface area contributed by atoms with Crippen LogP contribution >= 0.6 is 12.2 Å². The molecule has 1 aromatic carbocycles. The average molecular weight is 276 g/mol.